The van der Waals surface area contributed by atoms with Gasteiger partial charge in [-0.05, 0) is 72.1 Å². The van der Waals surface area contributed by atoms with Gasteiger partial charge in [0.15, 0.2) is 0 Å². The Hall–Kier alpha value is -3.10. The second-order valence-electron chi connectivity index (χ2n) is 6.89. The molecule has 0 saturated carbocycles. The highest BCUT2D eigenvalue weighted by Gasteiger charge is 2.16. The molecule has 0 aliphatic heterocycles. The van der Waals surface area contributed by atoms with Gasteiger partial charge in [-0.25, -0.2) is 0 Å². The Labute approximate surface area is 179 Å². The van der Waals surface area contributed by atoms with Crippen molar-refractivity contribution < 1.29 is 4.79 Å². The van der Waals surface area contributed by atoms with E-state index in [0.717, 1.165) is 32.7 Å². The van der Waals surface area contributed by atoms with Gasteiger partial charge in [0, 0.05) is 15.9 Å². The van der Waals surface area contributed by atoms with Crippen LogP contribution in [0.5, 0.6) is 0 Å². The van der Waals surface area contributed by atoms with Crippen molar-refractivity contribution in [3.8, 4) is 11.8 Å². The molecule has 0 unspecified atom stereocenters. The van der Waals surface area contributed by atoms with Crippen molar-refractivity contribution in [2.24, 2.45) is 0 Å². The van der Waals surface area contributed by atoms with Crippen molar-refractivity contribution in [1.29, 1.82) is 5.26 Å². The van der Waals surface area contributed by atoms with Crippen LogP contribution in [0.2, 0.25) is 0 Å². The number of halogens is 1. The maximum atomic E-state index is 12.7. The van der Waals surface area contributed by atoms with Gasteiger partial charge < -0.3 is 9.88 Å². The van der Waals surface area contributed by atoms with Crippen LogP contribution < -0.4 is 5.32 Å². The Morgan fingerprint density at radius 3 is 2.45 bits per heavy atom. The van der Waals surface area contributed by atoms with Gasteiger partial charge >= 0.3 is 0 Å². The Bertz CT molecular complexity index is 1110. The number of hydrogen-bond acceptors (Lipinski definition) is 2. The summed E-state index contributed by atoms with van der Waals surface area (Å²) in [5, 5.41) is 12.5. The van der Waals surface area contributed by atoms with Crippen LogP contribution in [0.4, 0.5) is 0 Å². The van der Waals surface area contributed by atoms with Crippen LogP contribution in [-0.2, 0) is 4.79 Å². The zero-order valence-corrected chi connectivity index (χ0v) is 18.2. The number of rotatable bonds is 5. The van der Waals surface area contributed by atoms with Crippen molar-refractivity contribution in [3.63, 3.8) is 0 Å². The van der Waals surface area contributed by atoms with Gasteiger partial charge in [0.1, 0.15) is 11.6 Å². The van der Waals surface area contributed by atoms with E-state index >= 15 is 0 Å². The maximum Gasteiger partial charge on any atom is 0.262 e. The van der Waals surface area contributed by atoms with Gasteiger partial charge in [-0.2, -0.15) is 5.26 Å². The molecule has 1 aromatic heterocycles. The van der Waals surface area contributed by atoms with Crippen molar-refractivity contribution >= 4 is 27.9 Å². The lowest BCUT2D eigenvalue weighted by atomic mass is 10.1. The molecule has 0 saturated heterocycles. The number of carbonyl (C=O) groups is 1. The van der Waals surface area contributed by atoms with Crippen LogP contribution in [0, 0.1) is 25.2 Å². The van der Waals surface area contributed by atoms with Crippen molar-refractivity contribution in [1.82, 2.24) is 9.88 Å². The molecule has 29 heavy (non-hydrogen) atoms. The standard InChI is InChI=1S/C24H22BrN3O/c1-16-13-20(18(3)28(16)23-12-8-7-11-22(23)25)14-21(15-26)24(29)27-17(2)19-9-5-4-6-10-19/h4-14,17H,1-3H3,(H,27,29)/b21-14-/t17-/m1/s1. The molecule has 0 aliphatic carbocycles. The number of nitriles is 1. The molecule has 1 N–H and O–H groups in total. The zero-order valence-electron chi connectivity index (χ0n) is 16.6. The lowest BCUT2D eigenvalue weighted by Crippen LogP contribution is -2.27. The van der Waals surface area contributed by atoms with Gasteiger partial charge in [0.2, 0.25) is 0 Å². The first-order valence-electron chi connectivity index (χ1n) is 9.33. The average molecular weight is 448 g/mol. The smallest absolute Gasteiger partial charge is 0.262 e. The molecular formula is C24H22BrN3O. The maximum absolute atomic E-state index is 12.7. The summed E-state index contributed by atoms with van der Waals surface area (Å²) in [6.07, 6.45) is 1.66. The van der Waals surface area contributed by atoms with Gasteiger partial charge in [-0.1, -0.05) is 42.5 Å². The summed E-state index contributed by atoms with van der Waals surface area (Å²) in [7, 11) is 0. The molecule has 0 aliphatic rings. The summed E-state index contributed by atoms with van der Waals surface area (Å²) >= 11 is 3.59. The van der Waals surface area contributed by atoms with Gasteiger partial charge in [-0.3, -0.25) is 4.79 Å². The SMILES string of the molecule is Cc1cc(/C=C(/C#N)C(=O)N[C@H](C)c2ccccc2)c(C)n1-c1ccccc1Br. The topological polar surface area (TPSA) is 57.8 Å². The van der Waals surface area contributed by atoms with E-state index in [1.54, 1.807) is 6.08 Å². The minimum atomic E-state index is -0.380. The normalized spacial score (nSPS) is 12.3. The molecule has 1 heterocycles. The summed E-state index contributed by atoms with van der Waals surface area (Å²) in [6, 6.07) is 21.5. The highest BCUT2D eigenvalue weighted by atomic mass is 79.9. The molecule has 0 bridgehead atoms. The molecule has 1 amide bonds. The van der Waals surface area contributed by atoms with Crippen molar-refractivity contribution in [2.45, 2.75) is 26.8 Å². The quantitative estimate of drug-likeness (QED) is 0.406. The Kier molecular flexibility index (Phi) is 6.36. The van der Waals surface area contributed by atoms with E-state index in [-0.39, 0.29) is 17.5 Å². The highest BCUT2D eigenvalue weighted by Crippen LogP contribution is 2.27. The first-order valence-corrected chi connectivity index (χ1v) is 10.1. The predicted molar refractivity (Wildman–Crippen MR) is 120 cm³/mol. The lowest BCUT2D eigenvalue weighted by molar-refractivity contribution is -0.117. The molecule has 3 rings (SSSR count). The van der Waals surface area contributed by atoms with E-state index in [2.05, 4.69) is 25.8 Å². The van der Waals surface area contributed by atoms with E-state index in [9.17, 15) is 10.1 Å². The number of aryl methyl sites for hydroxylation is 1. The van der Waals surface area contributed by atoms with Crippen molar-refractivity contribution in [2.75, 3.05) is 0 Å². The van der Waals surface area contributed by atoms with Crippen LogP contribution in [0.1, 0.15) is 35.5 Å². The number of benzene rings is 2. The Balaban J connectivity index is 1.90. The third-order valence-electron chi connectivity index (χ3n) is 4.88. The zero-order chi connectivity index (χ0) is 21.0. The third kappa shape index (κ3) is 4.49. The molecule has 0 spiro atoms. The molecule has 146 valence electrons. The van der Waals surface area contributed by atoms with E-state index < -0.39 is 0 Å². The number of amides is 1. The molecule has 0 radical (unpaired) electrons. The summed E-state index contributed by atoms with van der Waals surface area (Å²) in [5.41, 5.74) is 4.92. The summed E-state index contributed by atoms with van der Waals surface area (Å²) in [5.74, 6) is -0.380. The Morgan fingerprint density at radius 2 is 1.79 bits per heavy atom. The van der Waals surface area contributed by atoms with Crippen LogP contribution >= 0.6 is 15.9 Å². The molecule has 4 nitrogen and oxygen atoms in total. The second kappa shape index (κ2) is 8.93. The fourth-order valence-corrected chi connectivity index (χ4v) is 3.80. The van der Waals surface area contributed by atoms with Crippen molar-refractivity contribution in [3.05, 3.63) is 93.2 Å². The minimum absolute atomic E-state index is 0.0835. The first kappa shape index (κ1) is 20.6. The second-order valence-corrected chi connectivity index (χ2v) is 7.74. The largest absolute Gasteiger partial charge is 0.345 e. The van der Waals surface area contributed by atoms with Crippen LogP contribution in [0.15, 0.2) is 70.7 Å². The molecule has 5 heteroatoms. The fraction of sp³-hybridized carbons (Fsp3) is 0.167. The number of aromatic nitrogens is 1. The number of nitrogens with one attached hydrogen (secondary N) is 1. The summed E-state index contributed by atoms with van der Waals surface area (Å²) < 4.78 is 3.09. The molecule has 2 aromatic carbocycles. The van der Waals surface area contributed by atoms with Crippen LogP contribution in [0.3, 0.4) is 0 Å². The number of hydrogen-bond donors (Lipinski definition) is 1. The number of carbonyl (C=O) groups excluding carboxylic acids is 1. The highest BCUT2D eigenvalue weighted by molar-refractivity contribution is 9.10. The van der Waals surface area contributed by atoms with Gasteiger partial charge in [-0.15, -0.1) is 0 Å². The average Bonchev–Trinajstić information content (AvgIpc) is 3.00. The predicted octanol–water partition coefficient (Wildman–Crippen LogP) is 5.64. The third-order valence-corrected chi connectivity index (χ3v) is 5.55. The first-order chi connectivity index (χ1) is 13.9. The Morgan fingerprint density at radius 1 is 1.14 bits per heavy atom. The minimum Gasteiger partial charge on any atom is -0.345 e. The molecule has 0 fully saturated rings. The van der Waals surface area contributed by atoms with E-state index in [1.807, 2.05) is 87.5 Å². The summed E-state index contributed by atoms with van der Waals surface area (Å²) in [6.45, 7) is 5.90. The molecule has 1 atom stereocenters. The van der Waals surface area contributed by atoms with Gasteiger partial charge in [0.05, 0.1) is 11.7 Å². The van der Waals surface area contributed by atoms with Crippen LogP contribution in [-0.4, -0.2) is 10.5 Å². The number of para-hydroxylation sites is 1. The monoisotopic (exact) mass is 447 g/mol. The van der Waals surface area contributed by atoms with E-state index in [1.165, 1.54) is 0 Å². The molecular weight excluding hydrogens is 426 g/mol. The van der Waals surface area contributed by atoms with E-state index in [0.29, 0.717) is 0 Å². The fourth-order valence-electron chi connectivity index (χ4n) is 3.34. The van der Waals surface area contributed by atoms with Gasteiger partial charge in [0.25, 0.3) is 5.91 Å². The van der Waals surface area contributed by atoms with Crippen LogP contribution in [0.25, 0.3) is 11.8 Å². The van der Waals surface area contributed by atoms with E-state index in [4.69, 9.17) is 0 Å². The lowest BCUT2D eigenvalue weighted by Gasteiger charge is -2.14. The molecule has 3 aromatic rings. The summed E-state index contributed by atoms with van der Waals surface area (Å²) in [4.78, 5) is 12.7. The number of nitrogens with zero attached hydrogens (tertiary/aromatic N) is 2.